The Hall–Kier alpha value is -1.58. The molecule has 4 heteroatoms. The largest absolute Gasteiger partial charge is 0.370 e. The second-order valence-electron chi connectivity index (χ2n) is 3.34. The molecule has 2 N–H and O–H groups in total. The molecule has 0 spiro atoms. The van der Waals surface area contributed by atoms with Crippen molar-refractivity contribution in [3.05, 3.63) is 24.5 Å². The van der Waals surface area contributed by atoms with Gasteiger partial charge in [-0.05, 0) is 18.9 Å². The highest BCUT2D eigenvalue weighted by atomic mass is 16.1. The molecule has 0 aromatic carbocycles. The molecule has 0 aliphatic heterocycles. The van der Waals surface area contributed by atoms with Gasteiger partial charge in [0.15, 0.2) is 0 Å². The summed E-state index contributed by atoms with van der Waals surface area (Å²) in [4.78, 5) is 10.5. The summed E-state index contributed by atoms with van der Waals surface area (Å²) in [7, 11) is 0. The monoisotopic (exact) mass is 193 g/mol. The number of hydrogen-bond donors (Lipinski definition) is 1. The van der Waals surface area contributed by atoms with E-state index in [1.807, 2.05) is 13.1 Å². The Morgan fingerprint density at radius 3 is 2.93 bits per heavy atom. The zero-order valence-electron chi connectivity index (χ0n) is 8.36. The second-order valence-corrected chi connectivity index (χ2v) is 3.34. The van der Waals surface area contributed by atoms with Gasteiger partial charge >= 0.3 is 0 Å². The number of hydrogen-bond acceptors (Lipinski definition) is 2. The predicted molar refractivity (Wildman–Crippen MR) is 55.4 cm³/mol. The number of rotatable bonds is 5. The van der Waals surface area contributed by atoms with E-state index in [0.717, 1.165) is 24.1 Å². The number of carbonyl (C=O) groups excluding carboxylic acids is 1. The maximum Gasteiger partial charge on any atom is 0.217 e. The number of primary amides is 1. The molecule has 1 heterocycles. The minimum Gasteiger partial charge on any atom is -0.370 e. The minimum atomic E-state index is -0.266. The van der Waals surface area contributed by atoms with Crippen LogP contribution >= 0.6 is 0 Å². The molecule has 0 unspecified atom stereocenters. The van der Waals surface area contributed by atoms with E-state index in [0.29, 0.717) is 6.42 Å². The normalized spacial score (nSPS) is 10.1. The standard InChI is InChI=1S/C10H15N3O/c1-8(2)9-6-12-13(7-9)5-3-4-10(11)14/h6-7H,1,3-5H2,2H3,(H2,11,14). The molecular formula is C10H15N3O. The van der Waals surface area contributed by atoms with E-state index in [9.17, 15) is 4.79 Å². The van der Waals surface area contributed by atoms with Gasteiger partial charge in [0.05, 0.1) is 6.20 Å². The number of aromatic nitrogens is 2. The lowest BCUT2D eigenvalue weighted by Gasteiger charge is -1.98. The van der Waals surface area contributed by atoms with E-state index in [2.05, 4.69) is 11.7 Å². The lowest BCUT2D eigenvalue weighted by Crippen LogP contribution is -2.11. The lowest BCUT2D eigenvalue weighted by atomic mass is 10.2. The third-order valence-electron chi connectivity index (χ3n) is 1.94. The molecule has 1 amide bonds. The fourth-order valence-corrected chi connectivity index (χ4v) is 1.12. The molecule has 0 fully saturated rings. The number of nitrogens with zero attached hydrogens (tertiary/aromatic N) is 2. The molecule has 1 rings (SSSR count). The van der Waals surface area contributed by atoms with Crippen LogP contribution in [-0.2, 0) is 11.3 Å². The Balaban J connectivity index is 2.44. The summed E-state index contributed by atoms with van der Waals surface area (Å²) >= 11 is 0. The molecule has 14 heavy (non-hydrogen) atoms. The summed E-state index contributed by atoms with van der Waals surface area (Å²) in [6.45, 7) is 6.47. The molecule has 0 atom stereocenters. The van der Waals surface area contributed by atoms with Gasteiger partial charge in [0.2, 0.25) is 5.91 Å². The first-order valence-electron chi connectivity index (χ1n) is 4.56. The Labute approximate surface area is 83.4 Å². The summed E-state index contributed by atoms with van der Waals surface area (Å²) in [6.07, 6.45) is 4.82. The van der Waals surface area contributed by atoms with Crippen molar-refractivity contribution in [3.63, 3.8) is 0 Å². The van der Waals surface area contributed by atoms with E-state index in [4.69, 9.17) is 5.73 Å². The highest BCUT2D eigenvalue weighted by Crippen LogP contribution is 2.09. The van der Waals surface area contributed by atoms with Crippen LogP contribution in [0.25, 0.3) is 5.57 Å². The molecule has 0 radical (unpaired) electrons. The fourth-order valence-electron chi connectivity index (χ4n) is 1.12. The van der Waals surface area contributed by atoms with Gasteiger partial charge in [0.25, 0.3) is 0 Å². The van der Waals surface area contributed by atoms with Crippen LogP contribution in [0.1, 0.15) is 25.3 Å². The van der Waals surface area contributed by atoms with Crippen molar-refractivity contribution in [1.29, 1.82) is 0 Å². The van der Waals surface area contributed by atoms with Crippen LogP contribution in [0.2, 0.25) is 0 Å². The molecule has 76 valence electrons. The first-order valence-corrected chi connectivity index (χ1v) is 4.56. The number of nitrogens with two attached hydrogens (primary N) is 1. The van der Waals surface area contributed by atoms with Gasteiger partial charge < -0.3 is 5.73 Å². The minimum absolute atomic E-state index is 0.266. The Bertz CT molecular complexity index is 341. The van der Waals surface area contributed by atoms with Gasteiger partial charge in [-0.15, -0.1) is 0 Å². The summed E-state index contributed by atoms with van der Waals surface area (Å²) in [5.74, 6) is -0.266. The van der Waals surface area contributed by atoms with Crippen molar-refractivity contribution in [2.45, 2.75) is 26.3 Å². The smallest absolute Gasteiger partial charge is 0.217 e. The molecular weight excluding hydrogens is 178 g/mol. The van der Waals surface area contributed by atoms with Crippen LogP contribution in [-0.4, -0.2) is 15.7 Å². The third-order valence-corrected chi connectivity index (χ3v) is 1.94. The summed E-state index contributed by atoms with van der Waals surface area (Å²) < 4.78 is 1.80. The molecule has 1 aromatic heterocycles. The van der Waals surface area contributed by atoms with Crippen molar-refractivity contribution in [2.75, 3.05) is 0 Å². The van der Waals surface area contributed by atoms with E-state index in [-0.39, 0.29) is 5.91 Å². The molecule has 0 saturated heterocycles. The average molecular weight is 193 g/mol. The van der Waals surface area contributed by atoms with Gasteiger partial charge in [-0.2, -0.15) is 5.10 Å². The SMILES string of the molecule is C=C(C)c1cnn(CCCC(N)=O)c1. The van der Waals surface area contributed by atoms with Gasteiger partial charge in [-0.3, -0.25) is 9.48 Å². The van der Waals surface area contributed by atoms with Crippen molar-refractivity contribution in [2.24, 2.45) is 5.73 Å². The molecule has 4 nitrogen and oxygen atoms in total. The van der Waals surface area contributed by atoms with E-state index >= 15 is 0 Å². The van der Waals surface area contributed by atoms with Gasteiger partial charge in [-0.25, -0.2) is 0 Å². The van der Waals surface area contributed by atoms with Crippen LogP contribution in [0.3, 0.4) is 0 Å². The van der Waals surface area contributed by atoms with Gasteiger partial charge in [0.1, 0.15) is 0 Å². The van der Waals surface area contributed by atoms with Crippen LogP contribution in [0.5, 0.6) is 0 Å². The van der Waals surface area contributed by atoms with E-state index in [1.165, 1.54) is 0 Å². The highest BCUT2D eigenvalue weighted by molar-refractivity contribution is 5.73. The topological polar surface area (TPSA) is 60.9 Å². The van der Waals surface area contributed by atoms with E-state index < -0.39 is 0 Å². The van der Waals surface area contributed by atoms with Crippen molar-refractivity contribution >= 4 is 11.5 Å². The van der Waals surface area contributed by atoms with Crippen LogP contribution < -0.4 is 5.73 Å². The van der Waals surface area contributed by atoms with Crippen molar-refractivity contribution < 1.29 is 4.79 Å². The first kappa shape index (κ1) is 10.5. The summed E-state index contributed by atoms with van der Waals surface area (Å²) in [5, 5.41) is 4.14. The number of amides is 1. The van der Waals surface area contributed by atoms with Crippen molar-refractivity contribution in [3.8, 4) is 0 Å². The quantitative estimate of drug-likeness (QED) is 0.763. The van der Waals surface area contributed by atoms with Crippen LogP contribution in [0.15, 0.2) is 19.0 Å². The van der Waals surface area contributed by atoms with Crippen molar-refractivity contribution in [1.82, 2.24) is 9.78 Å². The summed E-state index contributed by atoms with van der Waals surface area (Å²) in [5.41, 5.74) is 7.05. The summed E-state index contributed by atoms with van der Waals surface area (Å²) in [6, 6.07) is 0. The van der Waals surface area contributed by atoms with Crippen LogP contribution in [0, 0.1) is 0 Å². The average Bonchev–Trinajstić information content (AvgIpc) is 2.52. The molecule has 1 aromatic rings. The molecule has 0 bridgehead atoms. The lowest BCUT2D eigenvalue weighted by molar-refractivity contribution is -0.118. The Kier molecular flexibility index (Phi) is 3.45. The first-order chi connectivity index (χ1) is 6.59. The third kappa shape index (κ3) is 3.05. The number of carbonyl (C=O) groups is 1. The predicted octanol–water partition coefficient (Wildman–Crippen LogP) is 1.18. The van der Waals surface area contributed by atoms with Gasteiger partial charge in [0, 0.05) is 24.7 Å². The van der Waals surface area contributed by atoms with Gasteiger partial charge in [-0.1, -0.05) is 6.58 Å². The highest BCUT2D eigenvalue weighted by Gasteiger charge is 1.99. The van der Waals surface area contributed by atoms with E-state index in [1.54, 1.807) is 10.9 Å². The number of aryl methyl sites for hydroxylation is 1. The maximum atomic E-state index is 10.5. The molecule has 0 saturated carbocycles. The zero-order valence-corrected chi connectivity index (χ0v) is 8.36. The van der Waals surface area contributed by atoms with Crippen LogP contribution in [0.4, 0.5) is 0 Å². The second kappa shape index (κ2) is 4.60. The Morgan fingerprint density at radius 1 is 1.71 bits per heavy atom. The molecule has 0 aliphatic carbocycles. The maximum absolute atomic E-state index is 10.5. The molecule has 0 aliphatic rings. The number of allylic oxidation sites excluding steroid dienone is 1. The zero-order chi connectivity index (χ0) is 10.6. The fraction of sp³-hybridized carbons (Fsp3) is 0.400. The Morgan fingerprint density at radius 2 is 2.43 bits per heavy atom.